The van der Waals surface area contributed by atoms with E-state index in [-0.39, 0.29) is 10.4 Å². The summed E-state index contributed by atoms with van der Waals surface area (Å²) >= 11 is 1.40. The van der Waals surface area contributed by atoms with Crippen LogP contribution in [0, 0.1) is 0 Å². The highest BCUT2D eigenvalue weighted by atomic mass is 32.2. The summed E-state index contributed by atoms with van der Waals surface area (Å²) in [5.41, 5.74) is 2.02. The maximum Gasteiger partial charge on any atom is 0.186 e. The van der Waals surface area contributed by atoms with E-state index in [0.29, 0.717) is 0 Å². The van der Waals surface area contributed by atoms with E-state index in [9.17, 15) is 4.79 Å². The van der Waals surface area contributed by atoms with Crippen LogP contribution in [0.5, 0.6) is 0 Å². The minimum absolute atomic E-state index is 0.165. The van der Waals surface area contributed by atoms with E-state index in [1.54, 1.807) is 13.2 Å². The van der Waals surface area contributed by atoms with Crippen LogP contribution in [-0.2, 0) is 4.79 Å². The normalized spacial score (nSPS) is 23.6. The molecule has 0 spiro atoms. The third kappa shape index (κ3) is 2.96. The molecule has 0 saturated carbocycles. The van der Waals surface area contributed by atoms with Crippen LogP contribution in [0.3, 0.4) is 0 Å². The molecule has 1 aliphatic rings. The van der Waals surface area contributed by atoms with Crippen LogP contribution in [0.2, 0.25) is 0 Å². The lowest BCUT2D eigenvalue weighted by atomic mass is 10.1. The Balaban J connectivity index is 2.12. The first-order chi connectivity index (χ1) is 7.75. The van der Waals surface area contributed by atoms with Gasteiger partial charge in [-0.2, -0.15) is 0 Å². The Labute approximate surface area is 98.5 Å². The van der Waals surface area contributed by atoms with Crippen molar-refractivity contribution in [1.82, 2.24) is 10.3 Å². The van der Waals surface area contributed by atoms with Gasteiger partial charge in [0.1, 0.15) is 12.0 Å². The Morgan fingerprint density at radius 1 is 1.75 bits per heavy atom. The lowest BCUT2D eigenvalue weighted by Gasteiger charge is -2.24. The van der Waals surface area contributed by atoms with Crippen LogP contribution in [0.1, 0.15) is 19.0 Å². The number of thioether (sulfide) groups is 1. The Morgan fingerprint density at radius 3 is 3.31 bits per heavy atom. The van der Waals surface area contributed by atoms with E-state index < -0.39 is 0 Å². The molecule has 0 amide bonds. The van der Waals surface area contributed by atoms with Gasteiger partial charge in [0.25, 0.3) is 0 Å². The summed E-state index contributed by atoms with van der Waals surface area (Å²) in [6.45, 7) is 3.39. The summed E-state index contributed by atoms with van der Waals surface area (Å²) in [7, 11) is 0. The second-order valence-corrected chi connectivity index (χ2v) is 5.08. The second kappa shape index (κ2) is 5.32. The lowest BCUT2D eigenvalue weighted by molar-refractivity contribution is -0.109. The summed E-state index contributed by atoms with van der Waals surface area (Å²) in [6.07, 6.45) is 6.00. The molecule has 2 heterocycles. The Kier molecular flexibility index (Phi) is 3.79. The largest absolute Gasteiger partial charge is 0.451 e. The first-order valence-electron chi connectivity index (χ1n) is 5.22. The average Bonchev–Trinajstić information content (AvgIpc) is 2.73. The van der Waals surface area contributed by atoms with Crippen molar-refractivity contribution in [2.24, 2.45) is 0 Å². The summed E-state index contributed by atoms with van der Waals surface area (Å²) in [5.74, 6) is 0. The molecular weight excluding hydrogens is 224 g/mol. The molecule has 1 saturated heterocycles. The molecule has 1 atom stereocenters. The van der Waals surface area contributed by atoms with Crippen molar-refractivity contribution < 1.29 is 9.21 Å². The van der Waals surface area contributed by atoms with Crippen molar-refractivity contribution in [2.75, 3.05) is 13.1 Å². The van der Waals surface area contributed by atoms with E-state index >= 15 is 0 Å². The number of nitrogens with one attached hydrogen (secondary N) is 1. The van der Waals surface area contributed by atoms with Gasteiger partial charge in [-0.3, -0.25) is 4.79 Å². The van der Waals surface area contributed by atoms with Crippen LogP contribution in [0.4, 0.5) is 0 Å². The smallest absolute Gasteiger partial charge is 0.186 e. The minimum Gasteiger partial charge on any atom is -0.451 e. The van der Waals surface area contributed by atoms with Gasteiger partial charge < -0.3 is 9.73 Å². The molecule has 1 aromatic heterocycles. The number of nitrogens with zero attached hydrogens (tertiary/aromatic N) is 1. The van der Waals surface area contributed by atoms with E-state index in [1.807, 2.05) is 6.08 Å². The molecule has 1 unspecified atom stereocenters. The van der Waals surface area contributed by atoms with Crippen LogP contribution < -0.4 is 5.32 Å². The highest BCUT2D eigenvalue weighted by Crippen LogP contribution is 2.26. The number of rotatable bonds is 2. The van der Waals surface area contributed by atoms with Gasteiger partial charge in [-0.25, -0.2) is 4.98 Å². The fraction of sp³-hybridized carbons (Fsp3) is 0.455. The molecule has 86 valence electrons. The highest BCUT2D eigenvalue weighted by molar-refractivity contribution is 8.14. The van der Waals surface area contributed by atoms with Gasteiger partial charge in [0.15, 0.2) is 11.5 Å². The number of oxazole rings is 1. The standard InChI is InChI=1S/C11H14N2O2S/c1-8(14)16-11-2-3-12-5-9(11)4-10-6-15-7-13-10/h4,6-7,11-12H,2-3,5H2,1H3/b9-4+. The number of hydrogen-bond acceptors (Lipinski definition) is 5. The van der Waals surface area contributed by atoms with Gasteiger partial charge in [0, 0.05) is 18.7 Å². The van der Waals surface area contributed by atoms with Gasteiger partial charge in [-0.15, -0.1) is 0 Å². The lowest BCUT2D eigenvalue weighted by Crippen LogP contribution is -2.32. The molecular formula is C11H14N2O2S. The number of hydrogen-bond donors (Lipinski definition) is 1. The van der Waals surface area contributed by atoms with Crippen molar-refractivity contribution in [2.45, 2.75) is 18.6 Å². The molecule has 5 heteroatoms. The van der Waals surface area contributed by atoms with E-state index in [1.165, 1.54) is 23.7 Å². The fourth-order valence-corrected chi connectivity index (χ4v) is 2.67. The third-order valence-electron chi connectivity index (χ3n) is 2.42. The second-order valence-electron chi connectivity index (χ2n) is 3.70. The Bertz CT molecular complexity index is 387. The van der Waals surface area contributed by atoms with Crippen molar-refractivity contribution in [3.63, 3.8) is 0 Å². The maximum atomic E-state index is 11.1. The van der Waals surface area contributed by atoms with E-state index in [4.69, 9.17) is 4.42 Å². The van der Waals surface area contributed by atoms with Gasteiger partial charge in [0.2, 0.25) is 0 Å². The van der Waals surface area contributed by atoms with Crippen molar-refractivity contribution in [3.8, 4) is 0 Å². The predicted octanol–water partition coefficient (Wildman–Crippen LogP) is 1.70. The predicted molar refractivity (Wildman–Crippen MR) is 64.0 cm³/mol. The SMILES string of the molecule is CC(=O)SC1CCNC/C1=C\c1cocn1. The van der Waals surface area contributed by atoms with E-state index in [2.05, 4.69) is 10.3 Å². The Morgan fingerprint density at radius 2 is 2.62 bits per heavy atom. The van der Waals surface area contributed by atoms with Gasteiger partial charge in [-0.1, -0.05) is 11.8 Å². The zero-order valence-electron chi connectivity index (χ0n) is 9.10. The first kappa shape index (κ1) is 11.4. The summed E-state index contributed by atoms with van der Waals surface area (Å²) in [5, 5.41) is 3.74. The van der Waals surface area contributed by atoms with Gasteiger partial charge in [0.05, 0.1) is 0 Å². The number of piperidine rings is 1. The molecule has 0 radical (unpaired) electrons. The number of carbonyl (C=O) groups excluding carboxylic acids is 1. The third-order valence-corrected chi connectivity index (χ3v) is 3.57. The Hall–Kier alpha value is -1.07. The zero-order valence-corrected chi connectivity index (χ0v) is 9.92. The zero-order chi connectivity index (χ0) is 11.4. The molecule has 0 aliphatic carbocycles. The van der Waals surface area contributed by atoms with Crippen LogP contribution >= 0.6 is 11.8 Å². The van der Waals surface area contributed by atoms with Gasteiger partial charge in [-0.05, 0) is 24.6 Å². The van der Waals surface area contributed by atoms with Crippen LogP contribution in [-0.4, -0.2) is 28.4 Å². The van der Waals surface area contributed by atoms with Crippen LogP contribution in [0.25, 0.3) is 6.08 Å². The average molecular weight is 238 g/mol. The number of aromatic nitrogens is 1. The summed E-state index contributed by atoms with van der Waals surface area (Å²) in [4.78, 5) is 15.2. The molecule has 0 bridgehead atoms. The summed E-state index contributed by atoms with van der Waals surface area (Å²) < 4.78 is 4.92. The number of carbonyl (C=O) groups is 1. The van der Waals surface area contributed by atoms with Crippen molar-refractivity contribution in [1.29, 1.82) is 0 Å². The molecule has 1 fully saturated rings. The van der Waals surface area contributed by atoms with Crippen molar-refractivity contribution in [3.05, 3.63) is 23.9 Å². The molecule has 1 N–H and O–H groups in total. The monoisotopic (exact) mass is 238 g/mol. The first-order valence-corrected chi connectivity index (χ1v) is 6.10. The van der Waals surface area contributed by atoms with E-state index in [0.717, 1.165) is 25.2 Å². The maximum absolute atomic E-state index is 11.1. The quantitative estimate of drug-likeness (QED) is 0.850. The topological polar surface area (TPSA) is 55.1 Å². The summed E-state index contributed by atoms with van der Waals surface area (Å²) in [6, 6.07) is 0. The van der Waals surface area contributed by atoms with Crippen LogP contribution in [0.15, 0.2) is 22.6 Å². The fourth-order valence-electron chi connectivity index (χ4n) is 1.73. The molecule has 2 rings (SSSR count). The van der Waals surface area contributed by atoms with Gasteiger partial charge >= 0.3 is 0 Å². The molecule has 16 heavy (non-hydrogen) atoms. The molecule has 1 aliphatic heterocycles. The molecule has 0 aromatic carbocycles. The van der Waals surface area contributed by atoms with Crippen molar-refractivity contribution >= 4 is 23.0 Å². The minimum atomic E-state index is 0.165. The highest BCUT2D eigenvalue weighted by Gasteiger charge is 2.20. The molecule has 4 nitrogen and oxygen atoms in total. The molecule has 1 aromatic rings.